The lowest BCUT2D eigenvalue weighted by molar-refractivity contribution is -0.116. The summed E-state index contributed by atoms with van der Waals surface area (Å²) in [4.78, 5) is 11.9. The minimum Gasteiger partial charge on any atom is -0.326 e. The van der Waals surface area contributed by atoms with Crippen molar-refractivity contribution in [3.8, 4) is 0 Å². The average Bonchev–Trinajstić information content (AvgIpc) is 3.02. The second-order valence-electron chi connectivity index (χ2n) is 4.92. The number of hydrogen-bond acceptors (Lipinski definition) is 4. The van der Waals surface area contributed by atoms with Crippen LogP contribution in [0.4, 0.5) is 5.69 Å². The van der Waals surface area contributed by atoms with Crippen molar-refractivity contribution in [2.24, 2.45) is 0 Å². The van der Waals surface area contributed by atoms with Crippen LogP contribution in [0.1, 0.15) is 12.8 Å². The largest absolute Gasteiger partial charge is 0.326 e. The smallest absolute Gasteiger partial charge is 0.252 e. The Hall–Kier alpha value is -0.970. The topological polar surface area (TPSA) is 66.5 Å². The zero-order valence-electron chi connectivity index (χ0n) is 12.5. The Bertz CT molecular complexity index is 761. The molecule has 0 aliphatic heterocycles. The van der Waals surface area contributed by atoms with Gasteiger partial charge in [0.2, 0.25) is 5.91 Å². The van der Waals surface area contributed by atoms with Gasteiger partial charge in [-0.05, 0) is 58.7 Å². The van der Waals surface area contributed by atoms with Gasteiger partial charge in [0.1, 0.15) is 4.21 Å². The van der Waals surface area contributed by atoms with Crippen LogP contribution in [-0.4, -0.2) is 32.2 Å². The first-order chi connectivity index (χ1) is 10.9. The molecule has 2 aromatic rings. The maximum absolute atomic E-state index is 12.2. The number of carbonyl (C=O) groups is 1. The number of sulfonamides is 1. The molecule has 0 spiro atoms. The van der Waals surface area contributed by atoms with Crippen molar-refractivity contribution in [2.45, 2.75) is 17.1 Å². The highest BCUT2D eigenvalue weighted by Gasteiger charge is 2.21. The first-order valence-corrected chi connectivity index (χ1v) is 10.3. The van der Waals surface area contributed by atoms with Gasteiger partial charge in [-0.15, -0.1) is 11.3 Å². The van der Waals surface area contributed by atoms with E-state index in [0.717, 1.165) is 9.26 Å². The van der Waals surface area contributed by atoms with Crippen LogP contribution in [0, 0.1) is 3.57 Å². The van der Waals surface area contributed by atoms with Crippen LogP contribution in [0.5, 0.6) is 0 Å². The molecule has 0 saturated carbocycles. The van der Waals surface area contributed by atoms with Gasteiger partial charge in [-0.2, -0.15) is 0 Å². The van der Waals surface area contributed by atoms with Crippen LogP contribution in [0.3, 0.4) is 0 Å². The van der Waals surface area contributed by atoms with Crippen LogP contribution in [0.2, 0.25) is 0 Å². The van der Waals surface area contributed by atoms with Gasteiger partial charge in [0.15, 0.2) is 0 Å². The molecule has 0 radical (unpaired) electrons. The number of thiophene rings is 1. The normalized spacial score (nSPS) is 11.6. The van der Waals surface area contributed by atoms with Crippen molar-refractivity contribution in [3.05, 3.63) is 45.3 Å². The van der Waals surface area contributed by atoms with Crippen LogP contribution < -0.4 is 5.32 Å². The molecule has 1 N–H and O–H groups in total. The average molecular weight is 464 g/mol. The van der Waals surface area contributed by atoms with Crippen molar-refractivity contribution in [2.75, 3.05) is 18.9 Å². The molecular formula is C15H17IN2O3S2. The number of anilines is 1. The Morgan fingerprint density at radius 1 is 1.30 bits per heavy atom. The van der Waals surface area contributed by atoms with Gasteiger partial charge in [0.05, 0.1) is 0 Å². The Kier molecular flexibility index (Phi) is 6.57. The first kappa shape index (κ1) is 18.4. The summed E-state index contributed by atoms with van der Waals surface area (Å²) in [5.41, 5.74) is 0.751. The Morgan fingerprint density at radius 3 is 2.74 bits per heavy atom. The lowest BCUT2D eigenvalue weighted by atomic mass is 10.2. The third-order valence-electron chi connectivity index (χ3n) is 3.14. The van der Waals surface area contributed by atoms with Crippen LogP contribution >= 0.6 is 33.9 Å². The number of nitrogens with one attached hydrogen (secondary N) is 1. The van der Waals surface area contributed by atoms with E-state index in [9.17, 15) is 13.2 Å². The summed E-state index contributed by atoms with van der Waals surface area (Å²) in [5.74, 6) is -0.117. The van der Waals surface area contributed by atoms with E-state index in [4.69, 9.17) is 0 Å². The van der Waals surface area contributed by atoms with E-state index in [1.165, 1.54) is 22.7 Å². The highest BCUT2D eigenvalue weighted by Crippen LogP contribution is 2.20. The van der Waals surface area contributed by atoms with Gasteiger partial charge in [0.25, 0.3) is 10.0 Å². The summed E-state index contributed by atoms with van der Waals surface area (Å²) < 4.78 is 27.1. The van der Waals surface area contributed by atoms with E-state index in [0.29, 0.717) is 17.2 Å². The SMILES string of the molecule is CN(CCCC(=O)Nc1cccc(I)c1)S(=O)(=O)c1cccs1. The molecule has 1 aromatic carbocycles. The predicted octanol–water partition coefficient (Wildman–Crippen LogP) is 3.39. The summed E-state index contributed by atoms with van der Waals surface area (Å²) in [5, 5.41) is 4.54. The zero-order valence-corrected chi connectivity index (χ0v) is 16.3. The number of rotatable bonds is 7. The summed E-state index contributed by atoms with van der Waals surface area (Å²) in [6.45, 7) is 0.306. The molecular weight excluding hydrogens is 447 g/mol. The molecule has 1 amide bonds. The molecule has 124 valence electrons. The Balaban J connectivity index is 1.81. The van der Waals surface area contributed by atoms with Crippen LogP contribution in [-0.2, 0) is 14.8 Å². The van der Waals surface area contributed by atoms with Gasteiger partial charge >= 0.3 is 0 Å². The minimum atomic E-state index is -3.44. The first-order valence-electron chi connectivity index (χ1n) is 6.95. The maximum Gasteiger partial charge on any atom is 0.252 e. The van der Waals surface area contributed by atoms with Gasteiger partial charge in [-0.1, -0.05) is 12.1 Å². The Labute approximate surface area is 153 Å². The van der Waals surface area contributed by atoms with E-state index >= 15 is 0 Å². The van der Waals surface area contributed by atoms with Gasteiger partial charge in [-0.25, -0.2) is 12.7 Å². The van der Waals surface area contributed by atoms with Gasteiger partial charge in [0, 0.05) is 29.3 Å². The molecule has 0 bridgehead atoms. The van der Waals surface area contributed by atoms with Crippen molar-refractivity contribution >= 4 is 55.5 Å². The lowest BCUT2D eigenvalue weighted by Crippen LogP contribution is -2.28. The predicted molar refractivity (Wildman–Crippen MR) is 101 cm³/mol. The van der Waals surface area contributed by atoms with Gasteiger partial charge < -0.3 is 5.32 Å². The number of amides is 1. The van der Waals surface area contributed by atoms with E-state index < -0.39 is 10.0 Å². The number of hydrogen-bond donors (Lipinski definition) is 1. The molecule has 0 saturated heterocycles. The number of benzene rings is 1. The van der Waals surface area contributed by atoms with Crippen LogP contribution in [0.15, 0.2) is 46.0 Å². The van der Waals surface area contributed by atoms with Crippen LogP contribution in [0.25, 0.3) is 0 Å². The van der Waals surface area contributed by atoms with E-state index in [-0.39, 0.29) is 12.3 Å². The fraction of sp³-hybridized carbons (Fsp3) is 0.267. The number of nitrogens with zero attached hydrogens (tertiary/aromatic N) is 1. The fourth-order valence-electron chi connectivity index (χ4n) is 1.94. The molecule has 0 atom stereocenters. The molecule has 8 heteroatoms. The molecule has 0 aliphatic carbocycles. The third kappa shape index (κ3) is 5.27. The third-order valence-corrected chi connectivity index (χ3v) is 7.05. The monoisotopic (exact) mass is 464 g/mol. The summed E-state index contributed by atoms with van der Waals surface area (Å²) in [7, 11) is -1.90. The summed E-state index contributed by atoms with van der Waals surface area (Å²) in [6.07, 6.45) is 0.743. The Morgan fingerprint density at radius 2 is 2.09 bits per heavy atom. The molecule has 1 aromatic heterocycles. The molecule has 5 nitrogen and oxygen atoms in total. The summed E-state index contributed by atoms with van der Waals surface area (Å²) in [6, 6.07) is 10.8. The zero-order chi connectivity index (χ0) is 16.9. The molecule has 23 heavy (non-hydrogen) atoms. The highest BCUT2D eigenvalue weighted by molar-refractivity contribution is 14.1. The standard InChI is InChI=1S/C15H17IN2O3S2/c1-18(23(20,21)15-8-4-10-22-15)9-3-7-14(19)17-13-6-2-5-12(16)11-13/h2,4-6,8,10-11H,3,7,9H2,1H3,(H,17,19). The molecule has 0 fully saturated rings. The maximum atomic E-state index is 12.2. The molecule has 0 aliphatic rings. The van der Waals surface area contributed by atoms with Crippen molar-refractivity contribution in [3.63, 3.8) is 0 Å². The fourth-order valence-corrected chi connectivity index (χ4v) is 4.89. The van der Waals surface area contributed by atoms with Crippen molar-refractivity contribution in [1.29, 1.82) is 0 Å². The lowest BCUT2D eigenvalue weighted by Gasteiger charge is -2.15. The number of carbonyl (C=O) groups excluding carboxylic acids is 1. The number of halogens is 1. The molecule has 1 heterocycles. The second kappa shape index (κ2) is 8.22. The molecule has 2 rings (SSSR count). The van der Waals surface area contributed by atoms with E-state index in [1.807, 2.05) is 24.3 Å². The van der Waals surface area contributed by atoms with Crippen molar-refractivity contribution < 1.29 is 13.2 Å². The van der Waals surface area contributed by atoms with Gasteiger partial charge in [-0.3, -0.25) is 4.79 Å². The summed E-state index contributed by atoms with van der Waals surface area (Å²) >= 11 is 3.37. The van der Waals surface area contributed by atoms with Crippen molar-refractivity contribution in [1.82, 2.24) is 4.31 Å². The minimum absolute atomic E-state index is 0.117. The highest BCUT2D eigenvalue weighted by atomic mass is 127. The molecule has 0 unspecified atom stereocenters. The quantitative estimate of drug-likeness (QED) is 0.639. The second-order valence-corrected chi connectivity index (χ2v) is 9.39. The van der Waals surface area contributed by atoms with E-state index in [2.05, 4.69) is 27.9 Å². The van der Waals surface area contributed by atoms with E-state index in [1.54, 1.807) is 17.5 Å².